The molecule has 0 saturated carbocycles. The van der Waals surface area contributed by atoms with E-state index in [1.54, 1.807) is 0 Å². The number of rotatable bonds is 5. The molecule has 0 bridgehead atoms. The van der Waals surface area contributed by atoms with Crippen LogP contribution in [0, 0.1) is 5.92 Å². The SMILES string of the molecule is CCNC1COCC1c1nncn1CC(C)C. The molecule has 0 radical (unpaired) electrons. The normalized spacial score (nSPS) is 24.7. The maximum Gasteiger partial charge on any atom is 0.139 e. The van der Waals surface area contributed by atoms with E-state index in [2.05, 4.69) is 40.9 Å². The van der Waals surface area contributed by atoms with Gasteiger partial charge in [0.25, 0.3) is 0 Å². The first-order valence-electron chi connectivity index (χ1n) is 6.41. The number of likely N-dealkylation sites (N-methyl/N-ethyl adjacent to an activating group) is 1. The zero-order chi connectivity index (χ0) is 12.3. The number of nitrogens with zero attached hydrogens (tertiary/aromatic N) is 3. The molecule has 0 aromatic carbocycles. The second-order valence-corrected chi connectivity index (χ2v) is 5.04. The Balaban J connectivity index is 2.12. The van der Waals surface area contributed by atoms with Crippen LogP contribution in [0.4, 0.5) is 0 Å². The number of nitrogens with one attached hydrogen (secondary N) is 1. The Bertz CT molecular complexity index is 350. The fraction of sp³-hybridized carbons (Fsp3) is 0.833. The Morgan fingerprint density at radius 1 is 1.53 bits per heavy atom. The highest BCUT2D eigenvalue weighted by Gasteiger charge is 2.32. The monoisotopic (exact) mass is 238 g/mol. The smallest absolute Gasteiger partial charge is 0.139 e. The molecule has 1 fully saturated rings. The summed E-state index contributed by atoms with van der Waals surface area (Å²) >= 11 is 0. The summed E-state index contributed by atoms with van der Waals surface area (Å²) in [5.41, 5.74) is 0. The maximum absolute atomic E-state index is 5.56. The molecule has 5 nitrogen and oxygen atoms in total. The predicted molar refractivity (Wildman–Crippen MR) is 65.9 cm³/mol. The highest BCUT2D eigenvalue weighted by Crippen LogP contribution is 2.24. The van der Waals surface area contributed by atoms with Crippen LogP contribution in [0.2, 0.25) is 0 Å². The fourth-order valence-electron chi connectivity index (χ4n) is 2.36. The first-order valence-corrected chi connectivity index (χ1v) is 6.41. The Hall–Kier alpha value is -0.940. The van der Waals surface area contributed by atoms with Crippen molar-refractivity contribution in [2.75, 3.05) is 19.8 Å². The third kappa shape index (κ3) is 2.84. The van der Waals surface area contributed by atoms with Gasteiger partial charge in [0.05, 0.1) is 19.1 Å². The minimum atomic E-state index is 0.330. The van der Waals surface area contributed by atoms with E-state index in [4.69, 9.17) is 4.74 Å². The van der Waals surface area contributed by atoms with Crippen LogP contribution in [-0.2, 0) is 11.3 Å². The van der Waals surface area contributed by atoms with E-state index in [1.165, 1.54) is 0 Å². The van der Waals surface area contributed by atoms with E-state index in [-0.39, 0.29) is 0 Å². The molecular weight excluding hydrogens is 216 g/mol. The van der Waals surface area contributed by atoms with Crippen molar-refractivity contribution < 1.29 is 4.74 Å². The van der Waals surface area contributed by atoms with Gasteiger partial charge in [0.1, 0.15) is 12.2 Å². The molecule has 2 atom stereocenters. The molecular formula is C12H22N4O. The van der Waals surface area contributed by atoms with E-state index in [1.807, 2.05) is 6.33 Å². The molecule has 0 aliphatic carbocycles. The predicted octanol–water partition coefficient (Wildman–Crippen LogP) is 1.03. The lowest BCUT2D eigenvalue weighted by molar-refractivity contribution is 0.187. The fourth-order valence-corrected chi connectivity index (χ4v) is 2.36. The summed E-state index contributed by atoms with van der Waals surface area (Å²) < 4.78 is 7.72. The van der Waals surface area contributed by atoms with Crippen LogP contribution in [0.5, 0.6) is 0 Å². The van der Waals surface area contributed by atoms with Crippen molar-refractivity contribution in [1.82, 2.24) is 20.1 Å². The topological polar surface area (TPSA) is 52.0 Å². The molecule has 1 aromatic heterocycles. The van der Waals surface area contributed by atoms with E-state index >= 15 is 0 Å². The summed E-state index contributed by atoms with van der Waals surface area (Å²) in [6.07, 6.45) is 1.83. The number of ether oxygens (including phenoxy) is 1. The van der Waals surface area contributed by atoms with Crippen molar-refractivity contribution in [1.29, 1.82) is 0 Å². The molecule has 1 aromatic rings. The van der Waals surface area contributed by atoms with Crippen LogP contribution in [0.15, 0.2) is 6.33 Å². The molecule has 1 aliphatic heterocycles. The molecule has 1 aliphatic rings. The Morgan fingerprint density at radius 2 is 2.35 bits per heavy atom. The van der Waals surface area contributed by atoms with Gasteiger partial charge in [0.2, 0.25) is 0 Å². The van der Waals surface area contributed by atoms with Crippen LogP contribution >= 0.6 is 0 Å². The Kier molecular flexibility index (Phi) is 4.12. The standard InChI is InChI=1S/C12H22N4O/c1-4-13-11-7-17-6-10(11)12-15-14-8-16(12)5-9(2)3/h8-11,13H,4-7H2,1-3H3. The molecule has 17 heavy (non-hydrogen) atoms. The number of aromatic nitrogens is 3. The minimum absolute atomic E-state index is 0.330. The van der Waals surface area contributed by atoms with Gasteiger partial charge in [-0.25, -0.2) is 0 Å². The number of hydrogen-bond donors (Lipinski definition) is 1. The zero-order valence-corrected chi connectivity index (χ0v) is 10.9. The molecule has 1 saturated heterocycles. The molecule has 96 valence electrons. The highest BCUT2D eigenvalue weighted by atomic mass is 16.5. The summed E-state index contributed by atoms with van der Waals surface area (Å²) in [6, 6.07) is 0.370. The largest absolute Gasteiger partial charge is 0.379 e. The first kappa shape index (κ1) is 12.5. The van der Waals surface area contributed by atoms with Crippen molar-refractivity contribution in [3.63, 3.8) is 0 Å². The lowest BCUT2D eigenvalue weighted by Gasteiger charge is -2.19. The molecule has 2 rings (SSSR count). The van der Waals surface area contributed by atoms with Crippen molar-refractivity contribution in [3.05, 3.63) is 12.2 Å². The van der Waals surface area contributed by atoms with Gasteiger partial charge in [-0.3, -0.25) is 0 Å². The summed E-state index contributed by atoms with van der Waals surface area (Å²) in [7, 11) is 0. The van der Waals surface area contributed by atoms with E-state index < -0.39 is 0 Å². The molecule has 5 heteroatoms. The van der Waals surface area contributed by atoms with Crippen LogP contribution in [-0.4, -0.2) is 40.6 Å². The molecule has 1 N–H and O–H groups in total. The first-order chi connectivity index (χ1) is 8.22. The lowest BCUT2D eigenvalue weighted by atomic mass is 10.0. The summed E-state index contributed by atoms with van der Waals surface area (Å²) in [6.45, 7) is 9.98. The summed E-state index contributed by atoms with van der Waals surface area (Å²) in [4.78, 5) is 0. The van der Waals surface area contributed by atoms with Crippen molar-refractivity contribution in [2.24, 2.45) is 5.92 Å². The molecule has 0 spiro atoms. The summed E-state index contributed by atoms with van der Waals surface area (Å²) in [5, 5.41) is 11.8. The number of hydrogen-bond acceptors (Lipinski definition) is 4. The van der Waals surface area contributed by atoms with Crippen LogP contribution < -0.4 is 5.32 Å². The second kappa shape index (κ2) is 5.60. The molecule has 2 heterocycles. The van der Waals surface area contributed by atoms with Gasteiger partial charge in [-0.1, -0.05) is 20.8 Å². The van der Waals surface area contributed by atoms with Gasteiger partial charge in [-0.05, 0) is 12.5 Å². The van der Waals surface area contributed by atoms with Crippen molar-refractivity contribution in [3.8, 4) is 0 Å². The van der Waals surface area contributed by atoms with Gasteiger partial charge >= 0.3 is 0 Å². The maximum atomic E-state index is 5.56. The van der Waals surface area contributed by atoms with Crippen LogP contribution in [0.25, 0.3) is 0 Å². The second-order valence-electron chi connectivity index (χ2n) is 5.04. The Labute approximate surface area is 103 Å². The van der Waals surface area contributed by atoms with Gasteiger partial charge in [-0.15, -0.1) is 10.2 Å². The quantitative estimate of drug-likeness (QED) is 0.832. The van der Waals surface area contributed by atoms with E-state index in [0.29, 0.717) is 17.9 Å². The highest BCUT2D eigenvalue weighted by molar-refractivity contribution is 5.05. The Morgan fingerprint density at radius 3 is 3.06 bits per heavy atom. The van der Waals surface area contributed by atoms with Gasteiger partial charge < -0.3 is 14.6 Å². The van der Waals surface area contributed by atoms with Crippen molar-refractivity contribution >= 4 is 0 Å². The zero-order valence-electron chi connectivity index (χ0n) is 10.9. The average molecular weight is 238 g/mol. The van der Waals surface area contributed by atoms with Gasteiger partial charge in [-0.2, -0.15) is 0 Å². The minimum Gasteiger partial charge on any atom is -0.379 e. The van der Waals surface area contributed by atoms with Gasteiger partial charge in [0, 0.05) is 12.6 Å². The lowest BCUT2D eigenvalue weighted by Crippen LogP contribution is -2.35. The van der Waals surface area contributed by atoms with Gasteiger partial charge in [0.15, 0.2) is 0 Å². The summed E-state index contributed by atoms with van der Waals surface area (Å²) in [5.74, 6) is 1.99. The van der Waals surface area contributed by atoms with E-state index in [0.717, 1.165) is 32.1 Å². The van der Waals surface area contributed by atoms with Crippen LogP contribution in [0.1, 0.15) is 32.5 Å². The van der Waals surface area contributed by atoms with Crippen molar-refractivity contribution in [2.45, 2.75) is 39.3 Å². The molecule has 2 unspecified atom stereocenters. The third-order valence-electron chi connectivity index (χ3n) is 3.09. The molecule has 0 amide bonds. The average Bonchev–Trinajstić information content (AvgIpc) is 2.86. The van der Waals surface area contributed by atoms with Crippen LogP contribution in [0.3, 0.4) is 0 Å². The third-order valence-corrected chi connectivity index (χ3v) is 3.09. The van der Waals surface area contributed by atoms with E-state index in [9.17, 15) is 0 Å².